The lowest BCUT2D eigenvalue weighted by Crippen LogP contribution is -2.39. The molecule has 0 saturated carbocycles. The molecular weight excluding hydrogens is 296 g/mol. The van der Waals surface area contributed by atoms with Crippen molar-refractivity contribution in [1.82, 2.24) is 10.2 Å². The minimum atomic E-state index is -0.0591. The van der Waals surface area contributed by atoms with Gasteiger partial charge in [0.2, 0.25) is 0 Å². The van der Waals surface area contributed by atoms with Crippen LogP contribution in [0.1, 0.15) is 16.8 Å². The van der Waals surface area contributed by atoms with Crippen molar-refractivity contribution in [3.63, 3.8) is 0 Å². The first-order chi connectivity index (χ1) is 8.66. The van der Waals surface area contributed by atoms with Gasteiger partial charge in [-0.2, -0.15) is 0 Å². The quantitative estimate of drug-likeness (QED) is 0.828. The molecule has 0 unspecified atom stereocenters. The second-order valence-electron chi connectivity index (χ2n) is 4.93. The number of fused-ring (bicyclic) bond motifs is 1. The standard InChI is InChI=1S/C13H15BrN2O2/c14-9-1-2-10(12(17)5-9)13(18)16-4-3-8-6-15-7-11(8)16/h1-2,5,8,11,15,17H,3-4,6-7H2/t8-,11+/m0/s1. The number of halogens is 1. The van der Waals surface area contributed by atoms with Gasteiger partial charge in [0.15, 0.2) is 0 Å². The van der Waals surface area contributed by atoms with E-state index in [1.165, 1.54) is 0 Å². The molecule has 2 heterocycles. The fourth-order valence-electron chi connectivity index (χ4n) is 2.94. The molecule has 2 fully saturated rings. The zero-order chi connectivity index (χ0) is 12.7. The van der Waals surface area contributed by atoms with Crippen LogP contribution in [0.15, 0.2) is 22.7 Å². The number of nitrogens with zero attached hydrogens (tertiary/aromatic N) is 1. The number of nitrogens with one attached hydrogen (secondary N) is 1. The average molecular weight is 311 g/mol. The monoisotopic (exact) mass is 310 g/mol. The Hall–Kier alpha value is -1.07. The minimum absolute atomic E-state index is 0.0452. The molecule has 0 bridgehead atoms. The molecule has 2 aliphatic rings. The number of carbonyl (C=O) groups excluding carboxylic acids is 1. The maximum atomic E-state index is 12.4. The van der Waals surface area contributed by atoms with Crippen LogP contribution in [0.5, 0.6) is 5.75 Å². The van der Waals surface area contributed by atoms with Gasteiger partial charge in [0, 0.05) is 30.1 Å². The Morgan fingerprint density at radius 2 is 2.28 bits per heavy atom. The van der Waals surface area contributed by atoms with Gasteiger partial charge in [0.25, 0.3) is 5.91 Å². The minimum Gasteiger partial charge on any atom is -0.507 e. The first-order valence-electron chi connectivity index (χ1n) is 6.17. The SMILES string of the molecule is O=C(c1ccc(Br)cc1O)N1CC[C@H]2CNC[C@H]21. The zero-order valence-electron chi connectivity index (χ0n) is 9.90. The lowest BCUT2D eigenvalue weighted by Gasteiger charge is -2.23. The summed E-state index contributed by atoms with van der Waals surface area (Å²) in [6.45, 7) is 2.67. The molecule has 18 heavy (non-hydrogen) atoms. The number of likely N-dealkylation sites (tertiary alicyclic amines) is 1. The molecule has 96 valence electrons. The van der Waals surface area contributed by atoms with Crippen LogP contribution in [0.4, 0.5) is 0 Å². The highest BCUT2D eigenvalue weighted by molar-refractivity contribution is 9.10. The fourth-order valence-corrected chi connectivity index (χ4v) is 3.29. The highest BCUT2D eigenvalue weighted by Gasteiger charge is 2.40. The molecule has 2 saturated heterocycles. The average Bonchev–Trinajstić information content (AvgIpc) is 2.89. The van der Waals surface area contributed by atoms with E-state index in [1.807, 2.05) is 4.90 Å². The predicted molar refractivity (Wildman–Crippen MR) is 71.6 cm³/mol. The second-order valence-corrected chi connectivity index (χ2v) is 5.85. The molecule has 0 spiro atoms. The molecule has 1 aromatic carbocycles. The first-order valence-corrected chi connectivity index (χ1v) is 6.96. The van der Waals surface area contributed by atoms with Gasteiger partial charge in [0.1, 0.15) is 5.75 Å². The molecule has 1 aromatic rings. The van der Waals surface area contributed by atoms with Crippen molar-refractivity contribution in [2.75, 3.05) is 19.6 Å². The number of phenolic OH excluding ortho intramolecular Hbond substituents is 1. The lowest BCUT2D eigenvalue weighted by molar-refractivity contribution is 0.0734. The molecule has 0 aliphatic carbocycles. The third-order valence-electron chi connectivity index (χ3n) is 3.90. The Kier molecular flexibility index (Phi) is 3.03. The summed E-state index contributed by atoms with van der Waals surface area (Å²) in [5, 5.41) is 13.2. The number of amides is 1. The normalized spacial score (nSPS) is 26.4. The molecule has 2 N–H and O–H groups in total. The third-order valence-corrected chi connectivity index (χ3v) is 4.39. The number of aromatic hydroxyl groups is 1. The second kappa shape index (κ2) is 4.55. The Morgan fingerprint density at radius 3 is 3.06 bits per heavy atom. The molecule has 0 aromatic heterocycles. The Morgan fingerprint density at radius 1 is 1.44 bits per heavy atom. The predicted octanol–water partition coefficient (Wildman–Crippen LogP) is 1.59. The van der Waals surface area contributed by atoms with Crippen LogP contribution in [0.3, 0.4) is 0 Å². The van der Waals surface area contributed by atoms with Crippen molar-refractivity contribution in [3.8, 4) is 5.75 Å². The van der Waals surface area contributed by atoms with Gasteiger partial charge in [-0.05, 0) is 30.5 Å². The summed E-state index contributed by atoms with van der Waals surface area (Å²) in [6.07, 6.45) is 1.06. The van der Waals surface area contributed by atoms with E-state index in [0.29, 0.717) is 17.5 Å². The van der Waals surface area contributed by atoms with Crippen molar-refractivity contribution in [1.29, 1.82) is 0 Å². The van der Waals surface area contributed by atoms with Crippen LogP contribution >= 0.6 is 15.9 Å². The van der Waals surface area contributed by atoms with E-state index in [-0.39, 0.29) is 11.7 Å². The van der Waals surface area contributed by atoms with Crippen LogP contribution in [0.25, 0.3) is 0 Å². The first kappa shape index (κ1) is 12.0. The number of benzene rings is 1. The highest BCUT2D eigenvalue weighted by Crippen LogP contribution is 2.31. The van der Waals surface area contributed by atoms with Crippen LogP contribution in [-0.4, -0.2) is 41.6 Å². The van der Waals surface area contributed by atoms with Crippen molar-refractivity contribution in [2.45, 2.75) is 12.5 Å². The van der Waals surface area contributed by atoms with E-state index in [2.05, 4.69) is 21.2 Å². The fraction of sp³-hybridized carbons (Fsp3) is 0.462. The number of rotatable bonds is 1. The van der Waals surface area contributed by atoms with Gasteiger partial charge >= 0.3 is 0 Å². The lowest BCUT2D eigenvalue weighted by atomic mass is 10.0. The van der Waals surface area contributed by atoms with Gasteiger partial charge in [-0.25, -0.2) is 0 Å². The summed E-state index contributed by atoms with van der Waals surface area (Å²) in [7, 11) is 0. The maximum Gasteiger partial charge on any atom is 0.257 e. The van der Waals surface area contributed by atoms with E-state index in [9.17, 15) is 9.90 Å². The van der Waals surface area contributed by atoms with E-state index in [1.54, 1.807) is 18.2 Å². The molecule has 0 radical (unpaired) electrons. The number of hydrogen-bond acceptors (Lipinski definition) is 3. The smallest absolute Gasteiger partial charge is 0.257 e. The van der Waals surface area contributed by atoms with E-state index < -0.39 is 0 Å². The molecular formula is C13H15BrN2O2. The van der Waals surface area contributed by atoms with Crippen molar-refractivity contribution < 1.29 is 9.90 Å². The number of carbonyl (C=O) groups is 1. The van der Waals surface area contributed by atoms with Crippen LogP contribution in [0, 0.1) is 5.92 Å². The van der Waals surface area contributed by atoms with Gasteiger partial charge in [-0.15, -0.1) is 0 Å². The molecule has 4 nitrogen and oxygen atoms in total. The Labute approximate surface area is 114 Å². The zero-order valence-corrected chi connectivity index (χ0v) is 11.5. The Bertz CT molecular complexity index is 492. The topological polar surface area (TPSA) is 52.6 Å². The summed E-state index contributed by atoms with van der Waals surface area (Å²) in [6, 6.07) is 5.32. The third kappa shape index (κ3) is 1.91. The van der Waals surface area contributed by atoms with Crippen LogP contribution < -0.4 is 5.32 Å². The summed E-state index contributed by atoms with van der Waals surface area (Å²) >= 11 is 3.28. The van der Waals surface area contributed by atoms with Crippen LogP contribution in [-0.2, 0) is 0 Å². The molecule has 3 rings (SSSR count). The van der Waals surface area contributed by atoms with Crippen molar-refractivity contribution in [3.05, 3.63) is 28.2 Å². The molecule has 2 atom stereocenters. The van der Waals surface area contributed by atoms with E-state index in [4.69, 9.17) is 0 Å². The van der Waals surface area contributed by atoms with Gasteiger partial charge in [-0.3, -0.25) is 4.79 Å². The summed E-state index contributed by atoms with van der Waals surface area (Å²) in [5.74, 6) is 0.562. The van der Waals surface area contributed by atoms with Gasteiger partial charge in [-0.1, -0.05) is 15.9 Å². The molecule has 1 amide bonds. The van der Waals surface area contributed by atoms with Crippen molar-refractivity contribution >= 4 is 21.8 Å². The van der Waals surface area contributed by atoms with Crippen molar-refractivity contribution in [2.24, 2.45) is 5.92 Å². The summed E-state index contributed by atoms with van der Waals surface area (Å²) < 4.78 is 0.776. The van der Waals surface area contributed by atoms with Gasteiger partial charge < -0.3 is 15.3 Å². The summed E-state index contributed by atoms with van der Waals surface area (Å²) in [5.41, 5.74) is 0.394. The molecule has 2 aliphatic heterocycles. The maximum absolute atomic E-state index is 12.4. The van der Waals surface area contributed by atoms with E-state index in [0.717, 1.165) is 30.5 Å². The number of hydrogen-bond donors (Lipinski definition) is 2. The van der Waals surface area contributed by atoms with Gasteiger partial charge in [0.05, 0.1) is 5.56 Å². The molecule has 5 heteroatoms. The number of phenols is 1. The highest BCUT2D eigenvalue weighted by atomic mass is 79.9. The Balaban J connectivity index is 1.86. The van der Waals surface area contributed by atoms with E-state index >= 15 is 0 Å². The summed E-state index contributed by atoms with van der Waals surface area (Å²) in [4.78, 5) is 14.3. The largest absolute Gasteiger partial charge is 0.507 e. The van der Waals surface area contributed by atoms with Crippen LogP contribution in [0.2, 0.25) is 0 Å².